The Morgan fingerprint density at radius 1 is 1.29 bits per heavy atom. The van der Waals surface area contributed by atoms with Gasteiger partial charge in [0.1, 0.15) is 5.75 Å². The van der Waals surface area contributed by atoms with E-state index in [9.17, 15) is 9.59 Å². The third-order valence-corrected chi connectivity index (χ3v) is 3.98. The largest absolute Gasteiger partial charge is 0.482 e. The molecule has 1 fully saturated rings. The minimum absolute atomic E-state index is 0.00859. The zero-order chi connectivity index (χ0) is 17.4. The summed E-state index contributed by atoms with van der Waals surface area (Å²) in [6, 6.07) is 6.90. The van der Waals surface area contributed by atoms with Crippen molar-refractivity contribution in [3.8, 4) is 18.1 Å². The summed E-state index contributed by atoms with van der Waals surface area (Å²) in [6.07, 6.45) is 6.93. The lowest BCUT2D eigenvalue weighted by Crippen LogP contribution is -2.38. The van der Waals surface area contributed by atoms with Gasteiger partial charge < -0.3 is 14.8 Å². The summed E-state index contributed by atoms with van der Waals surface area (Å²) in [5.41, 5.74) is 0.705. The Morgan fingerprint density at radius 2 is 1.96 bits per heavy atom. The minimum atomic E-state index is -0.441. The lowest BCUT2D eigenvalue weighted by Gasteiger charge is -2.29. The number of methoxy groups -OCH3 is 1. The van der Waals surface area contributed by atoms with Gasteiger partial charge in [-0.2, -0.15) is 0 Å². The van der Waals surface area contributed by atoms with Crippen LogP contribution in [0.3, 0.4) is 0 Å². The van der Waals surface area contributed by atoms with E-state index in [4.69, 9.17) is 11.2 Å². The first kappa shape index (κ1) is 17.8. The van der Waals surface area contributed by atoms with E-state index >= 15 is 0 Å². The molecule has 1 amide bonds. The monoisotopic (exact) mass is 330 g/mol. The molecule has 2 rings (SSSR count). The Hall–Kier alpha value is -2.52. The van der Waals surface area contributed by atoms with E-state index in [0.29, 0.717) is 18.0 Å². The molecular weight excluding hydrogens is 308 g/mol. The average Bonchev–Trinajstić information content (AvgIpc) is 2.61. The molecule has 0 atom stereocenters. The van der Waals surface area contributed by atoms with E-state index in [1.54, 1.807) is 24.3 Å². The first-order chi connectivity index (χ1) is 11.6. The van der Waals surface area contributed by atoms with Gasteiger partial charge in [0.2, 0.25) is 5.91 Å². The summed E-state index contributed by atoms with van der Waals surface area (Å²) in [5, 5.41) is 2.92. The van der Waals surface area contributed by atoms with Gasteiger partial charge in [-0.3, -0.25) is 9.69 Å². The van der Waals surface area contributed by atoms with Gasteiger partial charge in [0.25, 0.3) is 0 Å². The van der Waals surface area contributed by atoms with E-state index in [-0.39, 0.29) is 18.4 Å². The van der Waals surface area contributed by atoms with Gasteiger partial charge in [-0.25, -0.2) is 4.79 Å². The van der Waals surface area contributed by atoms with E-state index in [1.807, 2.05) is 0 Å². The number of hydrogen-bond acceptors (Lipinski definition) is 5. The topological polar surface area (TPSA) is 67.9 Å². The summed E-state index contributed by atoms with van der Waals surface area (Å²) < 4.78 is 9.76. The van der Waals surface area contributed by atoms with Gasteiger partial charge in [0.05, 0.1) is 13.7 Å². The molecule has 128 valence electrons. The van der Waals surface area contributed by atoms with Gasteiger partial charge in [-0.1, -0.05) is 5.92 Å². The molecule has 1 N–H and O–H groups in total. The number of nitrogens with zero attached hydrogens (tertiary/aromatic N) is 1. The fourth-order valence-electron chi connectivity index (χ4n) is 2.56. The number of rotatable bonds is 6. The number of anilines is 1. The van der Waals surface area contributed by atoms with Crippen molar-refractivity contribution in [1.82, 2.24) is 4.90 Å². The highest BCUT2D eigenvalue weighted by Gasteiger charge is 2.24. The summed E-state index contributed by atoms with van der Waals surface area (Å²) in [7, 11) is 1.31. The van der Waals surface area contributed by atoms with Crippen LogP contribution in [0.1, 0.15) is 12.8 Å². The standard InChI is InChI=1S/C18H22N2O4/c1-3-10-20-11-8-14(9-12-20)18(22)19-15-4-6-16(7-5-15)24-13-17(21)23-2/h1,4-7,14H,8-13H2,2H3,(H,19,22). The molecule has 6 nitrogen and oxygen atoms in total. The van der Waals surface area contributed by atoms with Crippen LogP contribution in [-0.4, -0.2) is 50.1 Å². The van der Waals surface area contributed by atoms with Crippen LogP contribution in [0.4, 0.5) is 5.69 Å². The highest BCUT2D eigenvalue weighted by atomic mass is 16.6. The molecule has 0 spiro atoms. The number of hydrogen-bond donors (Lipinski definition) is 1. The predicted octanol–water partition coefficient (Wildman–Crippen LogP) is 1.52. The van der Waals surface area contributed by atoms with Gasteiger partial charge in [0, 0.05) is 11.6 Å². The Balaban J connectivity index is 1.80. The molecule has 6 heteroatoms. The number of esters is 1. The fourth-order valence-corrected chi connectivity index (χ4v) is 2.56. The van der Waals surface area contributed by atoms with Crippen molar-refractivity contribution in [3.63, 3.8) is 0 Å². The van der Waals surface area contributed by atoms with Crippen molar-refractivity contribution in [1.29, 1.82) is 0 Å². The molecule has 24 heavy (non-hydrogen) atoms. The molecule has 1 aliphatic rings. The number of terminal acetylenes is 1. The van der Waals surface area contributed by atoms with Crippen LogP contribution in [0.25, 0.3) is 0 Å². The zero-order valence-corrected chi connectivity index (χ0v) is 13.8. The van der Waals surface area contributed by atoms with Gasteiger partial charge in [-0.15, -0.1) is 6.42 Å². The molecule has 0 aromatic heterocycles. The lowest BCUT2D eigenvalue weighted by atomic mass is 9.96. The molecule has 0 saturated carbocycles. The summed E-state index contributed by atoms with van der Waals surface area (Å²) in [5.74, 6) is 2.77. The molecule has 1 saturated heterocycles. The Morgan fingerprint density at radius 3 is 2.54 bits per heavy atom. The fraction of sp³-hybridized carbons (Fsp3) is 0.444. The first-order valence-electron chi connectivity index (χ1n) is 7.88. The van der Waals surface area contributed by atoms with Gasteiger partial charge in [0.15, 0.2) is 6.61 Å². The second kappa shape index (κ2) is 8.94. The number of piperidine rings is 1. The van der Waals surface area contributed by atoms with E-state index < -0.39 is 5.97 Å². The SMILES string of the molecule is C#CCN1CCC(C(=O)Nc2ccc(OCC(=O)OC)cc2)CC1. The number of amides is 1. The van der Waals surface area contributed by atoms with E-state index in [2.05, 4.69) is 20.9 Å². The number of likely N-dealkylation sites (tertiary alicyclic amines) is 1. The Labute approximate surface area is 142 Å². The molecule has 1 aromatic carbocycles. The molecule has 0 radical (unpaired) electrons. The third-order valence-electron chi connectivity index (χ3n) is 3.98. The number of benzene rings is 1. The maximum absolute atomic E-state index is 12.3. The van der Waals surface area contributed by atoms with Crippen LogP contribution < -0.4 is 10.1 Å². The third kappa shape index (κ3) is 5.28. The van der Waals surface area contributed by atoms with Crippen LogP contribution in [-0.2, 0) is 14.3 Å². The molecule has 1 aromatic rings. The molecule has 0 aliphatic carbocycles. The highest BCUT2D eigenvalue weighted by molar-refractivity contribution is 5.92. The highest BCUT2D eigenvalue weighted by Crippen LogP contribution is 2.21. The van der Waals surface area contributed by atoms with Crippen molar-refractivity contribution in [3.05, 3.63) is 24.3 Å². The molecule has 1 heterocycles. The molecular formula is C18H22N2O4. The quantitative estimate of drug-likeness (QED) is 0.633. The zero-order valence-electron chi connectivity index (χ0n) is 13.8. The number of ether oxygens (including phenoxy) is 2. The van der Waals surface area contributed by atoms with Gasteiger partial charge >= 0.3 is 5.97 Å². The van der Waals surface area contributed by atoms with Crippen molar-refractivity contribution in [2.75, 3.05) is 38.7 Å². The van der Waals surface area contributed by atoms with Crippen molar-refractivity contribution >= 4 is 17.6 Å². The number of carbonyl (C=O) groups excluding carboxylic acids is 2. The predicted molar refractivity (Wildman–Crippen MR) is 90.6 cm³/mol. The van der Waals surface area contributed by atoms with Crippen LogP contribution in [0.5, 0.6) is 5.75 Å². The molecule has 0 bridgehead atoms. The van der Waals surface area contributed by atoms with E-state index in [0.717, 1.165) is 25.9 Å². The normalized spacial score (nSPS) is 15.3. The van der Waals surface area contributed by atoms with Crippen molar-refractivity contribution in [2.45, 2.75) is 12.8 Å². The van der Waals surface area contributed by atoms with Crippen LogP contribution in [0.15, 0.2) is 24.3 Å². The van der Waals surface area contributed by atoms with Crippen LogP contribution >= 0.6 is 0 Å². The molecule has 0 unspecified atom stereocenters. The lowest BCUT2D eigenvalue weighted by molar-refractivity contribution is -0.142. The van der Waals surface area contributed by atoms with Crippen LogP contribution in [0.2, 0.25) is 0 Å². The number of carbonyl (C=O) groups is 2. The van der Waals surface area contributed by atoms with E-state index in [1.165, 1.54) is 7.11 Å². The summed E-state index contributed by atoms with van der Waals surface area (Å²) in [4.78, 5) is 25.5. The smallest absolute Gasteiger partial charge is 0.343 e. The summed E-state index contributed by atoms with van der Waals surface area (Å²) in [6.45, 7) is 2.20. The van der Waals surface area contributed by atoms with Crippen LogP contribution in [0, 0.1) is 18.3 Å². The summed E-state index contributed by atoms with van der Waals surface area (Å²) >= 11 is 0. The second-order valence-electron chi connectivity index (χ2n) is 5.63. The Bertz CT molecular complexity index is 598. The number of nitrogens with one attached hydrogen (secondary N) is 1. The second-order valence-corrected chi connectivity index (χ2v) is 5.63. The maximum atomic E-state index is 12.3. The van der Waals surface area contributed by atoms with Gasteiger partial charge in [-0.05, 0) is 50.2 Å². The minimum Gasteiger partial charge on any atom is -0.482 e. The maximum Gasteiger partial charge on any atom is 0.343 e. The first-order valence-corrected chi connectivity index (χ1v) is 7.88. The van der Waals surface area contributed by atoms with Crippen molar-refractivity contribution in [2.24, 2.45) is 5.92 Å². The van der Waals surface area contributed by atoms with Crippen molar-refractivity contribution < 1.29 is 19.1 Å². The molecule has 1 aliphatic heterocycles. The Kier molecular flexibility index (Phi) is 6.64. The average molecular weight is 330 g/mol.